The van der Waals surface area contributed by atoms with E-state index in [1.807, 2.05) is 30.9 Å². The molecule has 6 heteroatoms. The lowest BCUT2D eigenvalue weighted by Crippen LogP contribution is -2.43. The molecule has 2 aromatic heterocycles. The van der Waals surface area contributed by atoms with Gasteiger partial charge in [-0.05, 0) is 64.0 Å². The third kappa shape index (κ3) is 3.78. The number of amidine groups is 1. The fraction of sp³-hybridized carbons (Fsp3) is 0.409. The number of pyridine rings is 1. The van der Waals surface area contributed by atoms with Crippen LogP contribution in [-0.4, -0.2) is 51.7 Å². The Balaban J connectivity index is 1.58. The monoisotopic (exact) mass is 376 g/mol. The summed E-state index contributed by atoms with van der Waals surface area (Å²) in [7, 11) is 4.09. The number of piperidine rings is 1. The lowest BCUT2D eigenvalue weighted by Gasteiger charge is -2.33. The third-order valence-electron chi connectivity index (χ3n) is 5.62. The first kappa shape index (κ1) is 18.6. The van der Waals surface area contributed by atoms with Crippen molar-refractivity contribution in [1.82, 2.24) is 25.0 Å². The van der Waals surface area contributed by atoms with Gasteiger partial charge in [0, 0.05) is 37.3 Å². The van der Waals surface area contributed by atoms with Crippen LogP contribution in [0.15, 0.2) is 41.5 Å². The van der Waals surface area contributed by atoms with E-state index in [1.165, 1.54) is 0 Å². The Kier molecular flexibility index (Phi) is 5.13. The molecular weight excluding hydrogens is 348 g/mol. The molecule has 1 aliphatic rings. The minimum atomic E-state index is 0.559. The summed E-state index contributed by atoms with van der Waals surface area (Å²) in [6.45, 7) is 6.28. The molecular formula is C22H28N6. The van der Waals surface area contributed by atoms with E-state index in [9.17, 15) is 0 Å². The van der Waals surface area contributed by atoms with Crippen molar-refractivity contribution in [3.05, 3.63) is 42.2 Å². The number of benzene rings is 1. The molecule has 0 amide bonds. The topological polar surface area (TPSA) is 58.3 Å². The van der Waals surface area contributed by atoms with Crippen LogP contribution >= 0.6 is 0 Å². The predicted octanol–water partition coefficient (Wildman–Crippen LogP) is 3.68. The highest BCUT2D eigenvalue weighted by Crippen LogP contribution is 2.26. The van der Waals surface area contributed by atoms with Crippen molar-refractivity contribution in [1.29, 1.82) is 0 Å². The summed E-state index contributed by atoms with van der Waals surface area (Å²) in [5.41, 5.74) is 4.95. The normalized spacial score (nSPS) is 15.9. The number of fused-ring (bicyclic) bond motifs is 1. The van der Waals surface area contributed by atoms with Gasteiger partial charge in [0.1, 0.15) is 5.84 Å². The van der Waals surface area contributed by atoms with Crippen LogP contribution < -0.4 is 5.32 Å². The fourth-order valence-corrected chi connectivity index (χ4v) is 3.85. The number of hydrogen-bond acceptors (Lipinski definition) is 4. The van der Waals surface area contributed by atoms with E-state index in [0.29, 0.717) is 6.04 Å². The van der Waals surface area contributed by atoms with Crippen molar-refractivity contribution in [3.63, 3.8) is 0 Å². The molecule has 1 fully saturated rings. The number of nitrogens with zero attached hydrogens (tertiary/aromatic N) is 5. The van der Waals surface area contributed by atoms with Gasteiger partial charge in [0.15, 0.2) is 0 Å². The molecule has 0 saturated carbocycles. The molecule has 146 valence electrons. The maximum absolute atomic E-state index is 4.87. The molecule has 28 heavy (non-hydrogen) atoms. The zero-order valence-electron chi connectivity index (χ0n) is 17.1. The standard InChI is InChI=1S/C22H28N6/c1-15-20(25-16(2)28(4)19-9-11-23-12-10-19)7-8-21(24-15)17-5-6-22-18(13-17)14-27(3)26-22/h5-8,13-14,19,23H,9-12H2,1-4H3. The van der Waals surface area contributed by atoms with Gasteiger partial charge in [-0.15, -0.1) is 0 Å². The highest BCUT2D eigenvalue weighted by atomic mass is 15.2. The Morgan fingerprint density at radius 2 is 2.00 bits per heavy atom. The average molecular weight is 377 g/mol. The van der Waals surface area contributed by atoms with Crippen molar-refractivity contribution in [2.24, 2.45) is 12.0 Å². The molecule has 3 aromatic rings. The molecule has 3 heterocycles. The summed E-state index contributed by atoms with van der Waals surface area (Å²) >= 11 is 0. The Morgan fingerprint density at radius 3 is 2.75 bits per heavy atom. The van der Waals surface area contributed by atoms with Crippen molar-refractivity contribution in [2.45, 2.75) is 32.7 Å². The van der Waals surface area contributed by atoms with Gasteiger partial charge in [-0.2, -0.15) is 5.10 Å². The Bertz CT molecular complexity index is 1010. The Hall–Kier alpha value is -2.73. The van der Waals surface area contributed by atoms with E-state index in [0.717, 1.165) is 65.3 Å². The molecule has 1 aromatic carbocycles. The summed E-state index contributed by atoms with van der Waals surface area (Å²) in [5.74, 6) is 1.04. The second kappa shape index (κ2) is 7.72. The number of aryl methyl sites for hydroxylation is 2. The lowest BCUT2D eigenvalue weighted by atomic mass is 10.1. The summed E-state index contributed by atoms with van der Waals surface area (Å²) in [5, 5.41) is 8.98. The number of hydrogen-bond donors (Lipinski definition) is 1. The molecule has 0 spiro atoms. The highest BCUT2D eigenvalue weighted by molar-refractivity contribution is 5.84. The van der Waals surface area contributed by atoms with E-state index in [2.05, 4.69) is 53.6 Å². The molecule has 4 rings (SSSR count). The molecule has 0 atom stereocenters. The number of nitrogens with one attached hydrogen (secondary N) is 1. The average Bonchev–Trinajstić information content (AvgIpc) is 3.08. The first-order valence-electron chi connectivity index (χ1n) is 9.91. The van der Waals surface area contributed by atoms with Crippen LogP contribution in [0, 0.1) is 6.92 Å². The SMILES string of the molecule is CC(=Nc1ccc(-c2ccc3nn(C)cc3c2)nc1C)N(C)C1CCNCC1. The molecule has 1 aliphatic heterocycles. The predicted molar refractivity (Wildman–Crippen MR) is 115 cm³/mol. The third-order valence-corrected chi connectivity index (χ3v) is 5.62. The van der Waals surface area contributed by atoms with Crippen LogP contribution in [0.25, 0.3) is 22.2 Å². The van der Waals surface area contributed by atoms with Gasteiger partial charge in [-0.25, -0.2) is 4.99 Å². The number of rotatable bonds is 3. The molecule has 1 N–H and O–H groups in total. The van der Waals surface area contributed by atoms with Crippen molar-refractivity contribution in [3.8, 4) is 11.3 Å². The molecule has 1 saturated heterocycles. The summed E-state index contributed by atoms with van der Waals surface area (Å²) in [6.07, 6.45) is 4.36. The summed E-state index contributed by atoms with van der Waals surface area (Å²) < 4.78 is 1.84. The maximum atomic E-state index is 4.87. The second-order valence-corrected chi connectivity index (χ2v) is 7.63. The van der Waals surface area contributed by atoms with Crippen molar-refractivity contribution in [2.75, 3.05) is 20.1 Å². The van der Waals surface area contributed by atoms with Gasteiger partial charge in [0.05, 0.1) is 22.6 Å². The van der Waals surface area contributed by atoms with Crippen LogP contribution in [0.1, 0.15) is 25.5 Å². The largest absolute Gasteiger partial charge is 0.360 e. The maximum Gasteiger partial charge on any atom is 0.102 e. The minimum absolute atomic E-state index is 0.559. The zero-order valence-corrected chi connectivity index (χ0v) is 17.1. The van der Waals surface area contributed by atoms with Crippen LogP contribution in [0.5, 0.6) is 0 Å². The number of aliphatic imine (C=N–C) groups is 1. The first-order valence-corrected chi connectivity index (χ1v) is 9.91. The Morgan fingerprint density at radius 1 is 1.21 bits per heavy atom. The molecule has 0 radical (unpaired) electrons. The smallest absolute Gasteiger partial charge is 0.102 e. The number of aromatic nitrogens is 3. The van der Waals surface area contributed by atoms with Gasteiger partial charge in [-0.3, -0.25) is 9.67 Å². The molecule has 0 aliphatic carbocycles. The van der Waals surface area contributed by atoms with Gasteiger partial charge in [-0.1, -0.05) is 6.07 Å². The molecule has 0 bridgehead atoms. The quantitative estimate of drug-likeness (QED) is 0.560. The van der Waals surface area contributed by atoms with E-state index < -0.39 is 0 Å². The van der Waals surface area contributed by atoms with Gasteiger partial charge in [0.2, 0.25) is 0 Å². The van der Waals surface area contributed by atoms with E-state index in [-0.39, 0.29) is 0 Å². The fourth-order valence-electron chi connectivity index (χ4n) is 3.85. The van der Waals surface area contributed by atoms with Gasteiger partial charge in [0.25, 0.3) is 0 Å². The van der Waals surface area contributed by atoms with Gasteiger partial charge < -0.3 is 10.2 Å². The van der Waals surface area contributed by atoms with E-state index in [1.54, 1.807) is 0 Å². The molecule has 0 unspecified atom stereocenters. The highest BCUT2D eigenvalue weighted by Gasteiger charge is 2.18. The van der Waals surface area contributed by atoms with E-state index in [4.69, 9.17) is 9.98 Å². The van der Waals surface area contributed by atoms with Gasteiger partial charge >= 0.3 is 0 Å². The van der Waals surface area contributed by atoms with Crippen molar-refractivity contribution >= 4 is 22.4 Å². The van der Waals surface area contributed by atoms with Crippen LogP contribution in [0.2, 0.25) is 0 Å². The summed E-state index contributed by atoms with van der Waals surface area (Å²) in [4.78, 5) is 12.0. The minimum Gasteiger partial charge on any atom is -0.360 e. The molecule has 6 nitrogen and oxygen atoms in total. The van der Waals surface area contributed by atoms with Crippen LogP contribution in [0.3, 0.4) is 0 Å². The van der Waals surface area contributed by atoms with E-state index >= 15 is 0 Å². The van der Waals surface area contributed by atoms with Crippen LogP contribution in [-0.2, 0) is 7.05 Å². The first-order chi connectivity index (χ1) is 13.5. The van der Waals surface area contributed by atoms with Crippen molar-refractivity contribution < 1.29 is 0 Å². The zero-order chi connectivity index (χ0) is 19.7. The lowest BCUT2D eigenvalue weighted by molar-refractivity contribution is 0.288. The summed E-state index contributed by atoms with van der Waals surface area (Å²) in [6, 6.07) is 11.0. The van der Waals surface area contributed by atoms with Crippen LogP contribution in [0.4, 0.5) is 5.69 Å². The Labute approximate surface area is 166 Å². The second-order valence-electron chi connectivity index (χ2n) is 7.63.